The van der Waals surface area contributed by atoms with Gasteiger partial charge in [-0.05, 0) is 70.4 Å². The van der Waals surface area contributed by atoms with Crippen LogP contribution in [-0.4, -0.2) is 31.2 Å². The standard InChI is InChI=1S/C24H32N2O3/c1-15(2)29-22-12-11-19(14-23(22)28-6)17(4)25-18(5)24(27)26-16(3)13-20-9-7-8-10-21(20)26/h7-12,14-18,25H,13H2,1-6H3. The molecule has 0 spiro atoms. The number of hydrogen-bond donors (Lipinski definition) is 1. The largest absolute Gasteiger partial charge is 0.493 e. The van der Waals surface area contributed by atoms with Gasteiger partial charge in [-0.3, -0.25) is 10.1 Å². The lowest BCUT2D eigenvalue weighted by Crippen LogP contribution is -2.47. The van der Waals surface area contributed by atoms with Crippen LogP contribution in [0.2, 0.25) is 0 Å². The van der Waals surface area contributed by atoms with Crippen LogP contribution in [0.1, 0.15) is 51.8 Å². The van der Waals surface area contributed by atoms with Gasteiger partial charge in [-0.1, -0.05) is 24.3 Å². The molecule has 2 aromatic carbocycles. The van der Waals surface area contributed by atoms with Crippen molar-refractivity contribution < 1.29 is 14.3 Å². The molecular formula is C24H32N2O3. The Balaban J connectivity index is 1.72. The van der Waals surface area contributed by atoms with Gasteiger partial charge in [0.1, 0.15) is 0 Å². The van der Waals surface area contributed by atoms with E-state index in [2.05, 4.69) is 25.2 Å². The highest BCUT2D eigenvalue weighted by Gasteiger charge is 2.33. The zero-order valence-electron chi connectivity index (χ0n) is 18.2. The molecule has 1 amide bonds. The van der Waals surface area contributed by atoms with Gasteiger partial charge in [0.25, 0.3) is 0 Å². The number of rotatable bonds is 7. The molecule has 0 aromatic heterocycles. The van der Waals surface area contributed by atoms with E-state index in [0.717, 1.165) is 23.4 Å². The smallest absolute Gasteiger partial charge is 0.244 e. The number of amides is 1. The number of ether oxygens (including phenoxy) is 2. The average Bonchev–Trinajstić information content (AvgIpc) is 3.02. The number of carbonyl (C=O) groups is 1. The van der Waals surface area contributed by atoms with E-state index in [1.165, 1.54) is 5.56 Å². The Morgan fingerprint density at radius 2 is 1.83 bits per heavy atom. The average molecular weight is 397 g/mol. The lowest BCUT2D eigenvalue weighted by Gasteiger charge is -2.28. The first kappa shape index (κ1) is 21.2. The van der Waals surface area contributed by atoms with Gasteiger partial charge in [-0.2, -0.15) is 0 Å². The van der Waals surface area contributed by atoms with Gasteiger partial charge >= 0.3 is 0 Å². The van der Waals surface area contributed by atoms with E-state index in [4.69, 9.17) is 9.47 Å². The Bertz CT molecular complexity index is 865. The van der Waals surface area contributed by atoms with Crippen molar-refractivity contribution in [2.45, 2.75) is 65.3 Å². The number of benzene rings is 2. The van der Waals surface area contributed by atoms with Crippen molar-refractivity contribution in [2.75, 3.05) is 12.0 Å². The summed E-state index contributed by atoms with van der Waals surface area (Å²) in [5, 5.41) is 3.45. The zero-order chi connectivity index (χ0) is 21.1. The van der Waals surface area contributed by atoms with Gasteiger partial charge in [-0.15, -0.1) is 0 Å². The van der Waals surface area contributed by atoms with Crippen LogP contribution in [0.3, 0.4) is 0 Å². The molecule has 0 fully saturated rings. The minimum atomic E-state index is -0.309. The number of carbonyl (C=O) groups excluding carboxylic acids is 1. The molecule has 0 saturated carbocycles. The Morgan fingerprint density at radius 1 is 1.10 bits per heavy atom. The van der Waals surface area contributed by atoms with Crippen LogP contribution in [0.25, 0.3) is 0 Å². The predicted octanol–water partition coefficient (Wildman–Crippen LogP) is 4.50. The summed E-state index contributed by atoms with van der Waals surface area (Å²) < 4.78 is 11.3. The maximum atomic E-state index is 13.2. The van der Waals surface area contributed by atoms with Gasteiger partial charge in [0, 0.05) is 17.8 Å². The van der Waals surface area contributed by atoms with Crippen LogP contribution < -0.4 is 19.7 Å². The molecule has 2 aromatic rings. The second kappa shape index (κ2) is 8.87. The summed E-state index contributed by atoms with van der Waals surface area (Å²) >= 11 is 0. The third-order valence-corrected chi connectivity index (χ3v) is 5.37. The summed E-state index contributed by atoms with van der Waals surface area (Å²) in [4.78, 5) is 15.1. The number of methoxy groups -OCH3 is 1. The first-order valence-corrected chi connectivity index (χ1v) is 10.3. The number of anilines is 1. The van der Waals surface area contributed by atoms with Gasteiger partial charge in [0.15, 0.2) is 11.5 Å². The SMILES string of the molecule is COc1cc(C(C)NC(C)C(=O)N2c3ccccc3CC2C)ccc1OC(C)C. The molecule has 1 heterocycles. The molecule has 3 rings (SSSR count). The van der Waals surface area contributed by atoms with Gasteiger partial charge < -0.3 is 14.4 Å². The number of fused-ring (bicyclic) bond motifs is 1. The maximum absolute atomic E-state index is 13.2. The second-order valence-electron chi connectivity index (χ2n) is 8.08. The van der Waals surface area contributed by atoms with Gasteiger partial charge in [-0.25, -0.2) is 0 Å². The Labute approximate surface area is 174 Å². The van der Waals surface area contributed by atoms with Gasteiger partial charge in [0.2, 0.25) is 5.91 Å². The number of hydrogen-bond acceptors (Lipinski definition) is 4. The van der Waals surface area contributed by atoms with Crippen LogP contribution >= 0.6 is 0 Å². The monoisotopic (exact) mass is 396 g/mol. The number of para-hydroxylation sites is 1. The number of nitrogens with zero attached hydrogens (tertiary/aromatic N) is 1. The van der Waals surface area contributed by atoms with Crippen LogP contribution in [0.15, 0.2) is 42.5 Å². The summed E-state index contributed by atoms with van der Waals surface area (Å²) in [5.74, 6) is 1.53. The van der Waals surface area contributed by atoms with Crippen molar-refractivity contribution in [1.82, 2.24) is 5.32 Å². The summed E-state index contributed by atoms with van der Waals surface area (Å²) in [6, 6.07) is 13.9. The zero-order valence-corrected chi connectivity index (χ0v) is 18.2. The first-order valence-electron chi connectivity index (χ1n) is 10.3. The molecule has 5 heteroatoms. The van der Waals surface area contributed by atoms with E-state index in [1.807, 2.05) is 62.1 Å². The molecule has 5 nitrogen and oxygen atoms in total. The molecule has 0 radical (unpaired) electrons. The van der Waals surface area contributed by atoms with E-state index in [0.29, 0.717) is 5.75 Å². The van der Waals surface area contributed by atoms with E-state index in [9.17, 15) is 4.79 Å². The van der Waals surface area contributed by atoms with E-state index < -0.39 is 0 Å². The summed E-state index contributed by atoms with van der Waals surface area (Å²) in [5.41, 5.74) is 3.31. The minimum absolute atomic E-state index is 0.0101. The molecule has 3 unspecified atom stereocenters. The minimum Gasteiger partial charge on any atom is -0.493 e. The van der Waals surface area contributed by atoms with Crippen LogP contribution in [0, 0.1) is 0 Å². The lowest BCUT2D eigenvalue weighted by molar-refractivity contribution is -0.120. The molecule has 0 saturated heterocycles. The van der Waals surface area contributed by atoms with Crippen molar-refractivity contribution in [3.63, 3.8) is 0 Å². The molecule has 3 atom stereocenters. The molecule has 156 valence electrons. The molecule has 0 aliphatic carbocycles. The molecule has 1 N–H and O–H groups in total. The summed E-state index contributed by atoms with van der Waals surface area (Å²) in [6.45, 7) is 10.1. The fourth-order valence-corrected chi connectivity index (χ4v) is 3.96. The lowest BCUT2D eigenvalue weighted by atomic mass is 10.1. The van der Waals surface area contributed by atoms with E-state index in [-0.39, 0.29) is 30.1 Å². The van der Waals surface area contributed by atoms with Crippen molar-refractivity contribution in [2.24, 2.45) is 0 Å². The molecule has 0 bridgehead atoms. The van der Waals surface area contributed by atoms with Crippen molar-refractivity contribution in [3.05, 3.63) is 53.6 Å². The third kappa shape index (κ3) is 4.56. The molecule has 1 aliphatic heterocycles. The highest BCUT2D eigenvalue weighted by molar-refractivity contribution is 5.99. The molecule has 29 heavy (non-hydrogen) atoms. The van der Waals surface area contributed by atoms with Crippen LogP contribution in [0.5, 0.6) is 11.5 Å². The maximum Gasteiger partial charge on any atom is 0.244 e. The molecule has 1 aliphatic rings. The Kier molecular flexibility index (Phi) is 6.48. The van der Waals surface area contributed by atoms with Gasteiger partial charge in [0.05, 0.1) is 19.3 Å². The Morgan fingerprint density at radius 3 is 2.52 bits per heavy atom. The summed E-state index contributed by atoms with van der Waals surface area (Å²) in [6.07, 6.45) is 0.979. The van der Waals surface area contributed by atoms with E-state index in [1.54, 1.807) is 7.11 Å². The predicted molar refractivity (Wildman–Crippen MR) is 117 cm³/mol. The first-order chi connectivity index (χ1) is 13.8. The fourth-order valence-electron chi connectivity index (χ4n) is 3.96. The van der Waals surface area contributed by atoms with Crippen LogP contribution in [0.4, 0.5) is 5.69 Å². The molecular weight excluding hydrogens is 364 g/mol. The van der Waals surface area contributed by atoms with Crippen molar-refractivity contribution in [3.8, 4) is 11.5 Å². The second-order valence-corrected chi connectivity index (χ2v) is 8.08. The Hall–Kier alpha value is -2.53. The topological polar surface area (TPSA) is 50.8 Å². The third-order valence-electron chi connectivity index (χ3n) is 5.37. The van der Waals surface area contributed by atoms with Crippen LogP contribution in [-0.2, 0) is 11.2 Å². The van der Waals surface area contributed by atoms with Crippen molar-refractivity contribution in [1.29, 1.82) is 0 Å². The van der Waals surface area contributed by atoms with Crippen molar-refractivity contribution >= 4 is 11.6 Å². The fraction of sp³-hybridized carbons (Fsp3) is 0.458. The number of nitrogens with one attached hydrogen (secondary N) is 1. The quantitative estimate of drug-likeness (QED) is 0.749. The van der Waals surface area contributed by atoms with E-state index >= 15 is 0 Å². The highest BCUT2D eigenvalue weighted by Crippen LogP contribution is 2.33. The highest BCUT2D eigenvalue weighted by atomic mass is 16.5. The normalized spacial score (nSPS) is 17.8. The summed E-state index contributed by atoms with van der Waals surface area (Å²) in [7, 11) is 1.64.